The molecule has 192 valence electrons. The van der Waals surface area contributed by atoms with Crippen LogP contribution in [-0.2, 0) is 0 Å². The summed E-state index contributed by atoms with van der Waals surface area (Å²) in [5.74, 6) is -0.475. The summed E-state index contributed by atoms with van der Waals surface area (Å²) in [5.41, 5.74) is 8.10. The van der Waals surface area contributed by atoms with Crippen molar-refractivity contribution in [1.29, 1.82) is 0 Å². The Morgan fingerprint density at radius 1 is 0.725 bits per heavy atom. The first-order chi connectivity index (χ1) is 19.6. The topological polar surface area (TPSA) is 99.3 Å². The quantitative estimate of drug-likeness (QED) is 0.221. The van der Waals surface area contributed by atoms with E-state index in [1.165, 1.54) is 12.1 Å². The van der Waals surface area contributed by atoms with Gasteiger partial charge < -0.3 is 10.3 Å². The van der Waals surface area contributed by atoms with E-state index < -0.39 is 0 Å². The molecule has 7 nitrogen and oxygen atoms in total. The lowest BCUT2D eigenvalue weighted by molar-refractivity contribution is 0.102. The average molecular weight is 525 g/mol. The average Bonchev–Trinajstić information content (AvgIpc) is 3.62. The zero-order valence-corrected chi connectivity index (χ0v) is 21.0. The molecule has 0 aliphatic heterocycles. The Hall–Kier alpha value is -5.63. The molecule has 3 N–H and O–H groups in total. The first-order valence-corrected chi connectivity index (χ1v) is 12.7. The van der Waals surface area contributed by atoms with E-state index in [4.69, 9.17) is 0 Å². The molecule has 1 amide bonds. The van der Waals surface area contributed by atoms with Gasteiger partial charge in [-0.15, -0.1) is 0 Å². The maximum absolute atomic E-state index is 13.5. The fraction of sp³-hybridized carbons (Fsp3) is 0. The highest BCUT2D eigenvalue weighted by atomic mass is 19.1. The number of benzene rings is 3. The van der Waals surface area contributed by atoms with E-state index >= 15 is 0 Å². The lowest BCUT2D eigenvalue weighted by Crippen LogP contribution is -2.11. The largest absolute Gasteiger partial charge is 0.352 e. The second-order valence-corrected chi connectivity index (χ2v) is 9.45. The maximum atomic E-state index is 13.5. The molecule has 0 saturated carbocycles. The molecule has 40 heavy (non-hydrogen) atoms. The van der Waals surface area contributed by atoms with E-state index in [0.717, 1.165) is 55.4 Å². The van der Waals surface area contributed by atoms with Gasteiger partial charge in [-0.1, -0.05) is 36.4 Å². The molecule has 0 aliphatic carbocycles. The molecule has 0 aliphatic rings. The number of H-pyrrole nitrogens is 2. The minimum absolute atomic E-state index is 0.194. The van der Waals surface area contributed by atoms with Crippen molar-refractivity contribution >= 4 is 33.4 Å². The molecule has 7 rings (SSSR count). The van der Waals surface area contributed by atoms with Gasteiger partial charge in [0.2, 0.25) is 0 Å². The van der Waals surface area contributed by atoms with Crippen molar-refractivity contribution in [2.75, 3.05) is 5.32 Å². The van der Waals surface area contributed by atoms with Crippen LogP contribution < -0.4 is 5.32 Å². The normalized spacial score (nSPS) is 11.2. The zero-order valence-electron chi connectivity index (χ0n) is 21.0. The SMILES string of the molecule is O=C(Nc1cncc(-c2ccc3[nH]nc(-c4cc5c(-c6ccc(F)cc6)cncc5[nH]4)c3c2)c1)c1ccccc1. The first kappa shape index (κ1) is 23.5. The number of aromatic nitrogens is 5. The molecule has 0 unspecified atom stereocenters. The summed E-state index contributed by atoms with van der Waals surface area (Å²) < 4.78 is 13.5. The molecule has 4 aromatic heterocycles. The van der Waals surface area contributed by atoms with E-state index in [1.807, 2.05) is 42.5 Å². The van der Waals surface area contributed by atoms with Gasteiger partial charge in [-0.2, -0.15) is 5.10 Å². The van der Waals surface area contributed by atoms with Crippen molar-refractivity contribution in [2.45, 2.75) is 0 Å². The van der Waals surface area contributed by atoms with Crippen LogP contribution in [-0.4, -0.2) is 31.1 Å². The van der Waals surface area contributed by atoms with Crippen LogP contribution in [0.25, 0.3) is 55.4 Å². The Labute approximate surface area is 227 Å². The van der Waals surface area contributed by atoms with Crippen LogP contribution in [0.15, 0.2) is 110 Å². The molecule has 0 bridgehead atoms. The number of pyridine rings is 2. The standard InChI is InChI=1S/C32H21FN6O/c33-23-9-6-19(7-10-23)27-17-35-18-30-25(27)14-29(37-30)31-26-13-21(8-11-28(26)38-39-31)22-12-24(16-34-15-22)36-32(40)20-4-2-1-3-5-20/h1-18,37H,(H,36,40)(H,38,39). The molecule has 0 saturated heterocycles. The number of fused-ring (bicyclic) bond motifs is 2. The van der Waals surface area contributed by atoms with Crippen LogP contribution >= 0.6 is 0 Å². The van der Waals surface area contributed by atoms with Crippen molar-refractivity contribution in [3.05, 3.63) is 121 Å². The van der Waals surface area contributed by atoms with Crippen LogP contribution in [0.2, 0.25) is 0 Å². The predicted molar refractivity (Wildman–Crippen MR) is 154 cm³/mol. The number of hydrogen-bond donors (Lipinski definition) is 3. The number of amides is 1. The molecule has 0 radical (unpaired) electrons. The molecule has 7 aromatic rings. The maximum Gasteiger partial charge on any atom is 0.255 e. The summed E-state index contributed by atoms with van der Waals surface area (Å²) in [6.45, 7) is 0. The number of nitrogens with one attached hydrogen (secondary N) is 3. The first-order valence-electron chi connectivity index (χ1n) is 12.7. The fourth-order valence-electron chi connectivity index (χ4n) is 4.90. The zero-order chi connectivity index (χ0) is 27.1. The Kier molecular flexibility index (Phi) is 5.63. The second-order valence-electron chi connectivity index (χ2n) is 9.45. The molecular weight excluding hydrogens is 503 g/mol. The highest BCUT2D eigenvalue weighted by Gasteiger charge is 2.15. The summed E-state index contributed by atoms with van der Waals surface area (Å²) in [5, 5.41) is 12.5. The predicted octanol–water partition coefficient (Wildman–Crippen LogP) is 7.23. The number of anilines is 1. The summed E-state index contributed by atoms with van der Waals surface area (Å²) in [7, 11) is 0. The van der Waals surface area contributed by atoms with Crippen molar-refractivity contribution in [2.24, 2.45) is 0 Å². The summed E-state index contributed by atoms with van der Waals surface area (Å²) in [6.07, 6.45) is 6.95. The number of carbonyl (C=O) groups excluding carboxylic acids is 1. The number of carbonyl (C=O) groups is 1. The Balaban J connectivity index is 1.25. The van der Waals surface area contributed by atoms with E-state index in [-0.39, 0.29) is 11.7 Å². The van der Waals surface area contributed by atoms with Crippen LogP contribution in [0.3, 0.4) is 0 Å². The number of nitrogens with zero attached hydrogens (tertiary/aromatic N) is 3. The van der Waals surface area contributed by atoms with E-state index in [1.54, 1.807) is 49.1 Å². The van der Waals surface area contributed by atoms with Crippen LogP contribution in [0.1, 0.15) is 10.4 Å². The van der Waals surface area contributed by atoms with E-state index in [9.17, 15) is 9.18 Å². The van der Waals surface area contributed by atoms with Crippen molar-refractivity contribution in [3.63, 3.8) is 0 Å². The Bertz CT molecular complexity index is 2010. The smallest absolute Gasteiger partial charge is 0.255 e. The molecule has 8 heteroatoms. The van der Waals surface area contributed by atoms with Gasteiger partial charge in [0, 0.05) is 39.9 Å². The number of aromatic amines is 2. The number of hydrogen-bond acceptors (Lipinski definition) is 4. The van der Waals surface area contributed by atoms with Gasteiger partial charge in [0.1, 0.15) is 11.5 Å². The highest BCUT2D eigenvalue weighted by molar-refractivity contribution is 6.05. The second kappa shape index (κ2) is 9.59. The van der Waals surface area contributed by atoms with Gasteiger partial charge in [0.25, 0.3) is 5.91 Å². The molecule has 3 aromatic carbocycles. The monoisotopic (exact) mass is 524 g/mol. The highest BCUT2D eigenvalue weighted by Crippen LogP contribution is 2.35. The fourth-order valence-corrected chi connectivity index (χ4v) is 4.90. The molecule has 0 spiro atoms. The third-order valence-electron chi connectivity index (χ3n) is 6.88. The van der Waals surface area contributed by atoms with Crippen LogP contribution in [0.4, 0.5) is 10.1 Å². The van der Waals surface area contributed by atoms with Crippen molar-refractivity contribution in [1.82, 2.24) is 25.1 Å². The van der Waals surface area contributed by atoms with E-state index in [0.29, 0.717) is 11.3 Å². The van der Waals surface area contributed by atoms with Gasteiger partial charge in [-0.25, -0.2) is 4.39 Å². The van der Waals surface area contributed by atoms with Gasteiger partial charge >= 0.3 is 0 Å². The van der Waals surface area contributed by atoms with Crippen LogP contribution in [0, 0.1) is 5.82 Å². The van der Waals surface area contributed by atoms with Gasteiger partial charge in [-0.3, -0.25) is 19.9 Å². The summed E-state index contributed by atoms with van der Waals surface area (Å²) >= 11 is 0. The Morgan fingerprint density at radius 3 is 2.38 bits per heavy atom. The summed E-state index contributed by atoms with van der Waals surface area (Å²) in [4.78, 5) is 24.8. The van der Waals surface area contributed by atoms with Crippen molar-refractivity contribution in [3.8, 4) is 33.6 Å². The molecular formula is C32H21FN6O. The van der Waals surface area contributed by atoms with Crippen LogP contribution in [0.5, 0.6) is 0 Å². The molecule has 0 atom stereocenters. The van der Waals surface area contributed by atoms with Gasteiger partial charge in [0.15, 0.2) is 0 Å². The van der Waals surface area contributed by atoms with Gasteiger partial charge in [-0.05, 0) is 59.7 Å². The minimum atomic E-state index is -0.281. The Morgan fingerprint density at radius 2 is 1.52 bits per heavy atom. The summed E-state index contributed by atoms with van der Waals surface area (Å²) in [6, 6.07) is 25.4. The molecule has 4 heterocycles. The lowest BCUT2D eigenvalue weighted by Gasteiger charge is -2.08. The van der Waals surface area contributed by atoms with Gasteiger partial charge in [0.05, 0.1) is 34.8 Å². The minimum Gasteiger partial charge on any atom is -0.352 e. The number of rotatable bonds is 5. The third kappa shape index (κ3) is 4.27. The lowest BCUT2D eigenvalue weighted by atomic mass is 10.0. The number of halogens is 1. The van der Waals surface area contributed by atoms with E-state index in [2.05, 4.69) is 36.5 Å². The van der Waals surface area contributed by atoms with Crippen molar-refractivity contribution < 1.29 is 9.18 Å². The molecule has 0 fully saturated rings. The third-order valence-corrected chi connectivity index (χ3v) is 6.88.